The number of thioether (sulfide) groups is 1. The zero-order valence-electron chi connectivity index (χ0n) is 10.3. The molecule has 1 aliphatic heterocycles. The van der Waals surface area contributed by atoms with E-state index in [9.17, 15) is 4.39 Å². The minimum Gasteiger partial charge on any atom is -0.207 e. The van der Waals surface area contributed by atoms with E-state index in [0.717, 1.165) is 16.0 Å². The predicted molar refractivity (Wildman–Crippen MR) is 81.0 cm³/mol. The molecule has 0 saturated heterocycles. The van der Waals surface area contributed by atoms with Crippen molar-refractivity contribution in [2.75, 3.05) is 6.26 Å². The Bertz CT molecular complexity index is 628. The summed E-state index contributed by atoms with van der Waals surface area (Å²) in [6, 6.07) is 11.3. The summed E-state index contributed by atoms with van der Waals surface area (Å²) >= 11 is 9.90. The molecule has 2 aromatic rings. The molecule has 1 aliphatic rings. The maximum absolute atomic E-state index is 13.3. The number of rotatable bonds is 1. The summed E-state index contributed by atoms with van der Waals surface area (Å²) in [6.45, 7) is 0. The average molecular weight is 311 g/mol. The van der Waals surface area contributed by atoms with Crippen LogP contribution in [0.15, 0.2) is 51.1 Å². The average Bonchev–Trinajstić information content (AvgIpc) is 2.54. The molecule has 0 aromatic heterocycles. The predicted octanol–water partition coefficient (Wildman–Crippen LogP) is 5.53. The van der Waals surface area contributed by atoms with E-state index in [4.69, 9.17) is 11.6 Å². The minimum absolute atomic E-state index is 0.0994. The molecule has 0 amide bonds. The van der Waals surface area contributed by atoms with Crippen LogP contribution >= 0.6 is 35.1 Å². The maximum Gasteiger partial charge on any atom is 0.123 e. The van der Waals surface area contributed by atoms with E-state index in [1.807, 2.05) is 6.07 Å². The Labute approximate surface area is 125 Å². The van der Waals surface area contributed by atoms with E-state index in [2.05, 4.69) is 24.5 Å². The molecule has 2 aromatic carbocycles. The molecule has 3 rings (SSSR count). The molecule has 0 radical (unpaired) electrons. The summed E-state index contributed by atoms with van der Waals surface area (Å²) in [7, 11) is 0. The number of fused-ring (bicyclic) bond motifs is 2. The Balaban J connectivity index is 2.09. The zero-order valence-corrected chi connectivity index (χ0v) is 12.7. The van der Waals surface area contributed by atoms with Crippen LogP contribution in [-0.2, 0) is 6.42 Å². The lowest BCUT2D eigenvalue weighted by Crippen LogP contribution is -1.96. The number of alkyl halides is 1. The first-order chi connectivity index (χ1) is 9.17. The number of halogens is 2. The highest BCUT2D eigenvalue weighted by molar-refractivity contribution is 7.99. The van der Waals surface area contributed by atoms with Gasteiger partial charge in [0, 0.05) is 14.7 Å². The van der Waals surface area contributed by atoms with Gasteiger partial charge in [-0.3, -0.25) is 0 Å². The van der Waals surface area contributed by atoms with Gasteiger partial charge in [0.05, 0.1) is 5.38 Å². The van der Waals surface area contributed by atoms with Crippen molar-refractivity contribution in [2.45, 2.75) is 26.5 Å². The highest BCUT2D eigenvalue weighted by Crippen LogP contribution is 2.44. The molecule has 1 atom stereocenters. The van der Waals surface area contributed by atoms with Crippen LogP contribution in [-0.4, -0.2) is 6.26 Å². The normalized spacial score (nSPS) is 17.5. The zero-order chi connectivity index (χ0) is 13.4. The van der Waals surface area contributed by atoms with Gasteiger partial charge in [-0.1, -0.05) is 11.8 Å². The summed E-state index contributed by atoms with van der Waals surface area (Å²) < 4.78 is 13.3. The maximum atomic E-state index is 13.3. The summed E-state index contributed by atoms with van der Waals surface area (Å²) in [5, 5.41) is -0.0994. The van der Waals surface area contributed by atoms with Crippen LogP contribution < -0.4 is 0 Å². The van der Waals surface area contributed by atoms with Crippen molar-refractivity contribution in [2.24, 2.45) is 0 Å². The van der Waals surface area contributed by atoms with Gasteiger partial charge in [0.1, 0.15) is 5.82 Å². The fourth-order valence-electron chi connectivity index (χ4n) is 2.22. The van der Waals surface area contributed by atoms with Crippen LogP contribution in [0.2, 0.25) is 0 Å². The third kappa shape index (κ3) is 2.64. The van der Waals surface area contributed by atoms with Crippen LogP contribution in [0.3, 0.4) is 0 Å². The van der Waals surface area contributed by atoms with Gasteiger partial charge in [0.25, 0.3) is 0 Å². The SMILES string of the molecule is CSc1ccc2c(c1)C(Cl)Cc1cc(F)ccc1S2. The largest absolute Gasteiger partial charge is 0.207 e. The van der Waals surface area contributed by atoms with Crippen molar-refractivity contribution < 1.29 is 4.39 Å². The molecule has 4 heteroatoms. The van der Waals surface area contributed by atoms with Crippen molar-refractivity contribution in [3.05, 3.63) is 53.3 Å². The van der Waals surface area contributed by atoms with E-state index in [0.29, 0.717) is 6.42 Å². The van der Waals surface area contributed by atoms with Crippen molar-refractivity contribution in [1.82, 2.24) is 0 Å². The Hall–Kier alpha value is -0.640. The Morgan fingerprint density at radius 3 is 2.79 bits per heavy atom. The standard InChI is InChI=1S/C15H12ClFS2/c1-18-11-3-5-15-12(8-11)13(16)7-9-6-10(17)2-4-14(9)19-15/h2-6,8,13H,7H2,1H3. The molecule has 1 heterocycles. The van der Waals surface area contributed by atoms with Crippen molar-refractivity contribution in [3.63, 3.8) is 0 Å². The number of hydrogen-bond acceptors (Lipinski definition) is 2. The number of benzene rings is 2. The molecular weight excluding hydrogens is 299 g/mol. The van der Waals surface area contributed by atoms with Crippen LogP contribution in [0.25, 0.3) is 0 Å². The molecule has 1 unspecified atom stereocenters. The van der Waals surface area contributed by atoms with E-state index in [-0.39, 0.29) is 11.2 Å². The van der Waals surface area contributed by atoms with E-state index in [1.54, 1.807) is 29.6 Å². The van der Waals surface area contributed by atoms with Gasteiger partial charge in [-0.05, 0) is 60.2 Å². The van der Waals surface area contributed by atoms with Crippen molar-refractivity contribution in [1.29, 1.82) is 0 Å². The monoisotopic (exact) mass is 310 g/mol. The highest BCUT2D eigenvalue weighted by atomic mass is 35.5. The van der Waals surface area contributed by atoms with E-state index >= 15 is 0 Å². The second kappa shape index (κ2) is 5.39. The lowest BCUT2D eigenvalue weighted by Gasteiger charge is -2.11. The van der Waals surface area contributed by atoms with Gasteiger partial charge in [0.15, 0.2) is 0 Å². The molecule has 0 N–H and O–H groups in total. The molecular formula is C15H12ClFS2. The van der Waals surface area contributed by atoms with Gasteiger partial charge >= 0.3 is 0 Å². The molecule has 0 spiro atoms. The Morgan fingerprint density at radius 1 is 1.21 bits per heavy atom. The molecule has 19 heavy (non-hydrogen) atoms. The minimum atomic E-state index is -0.195. The van der Waals surface area contributed by atoms with Crippen LogP contribution in [0, 0.1) is 5.82 Å². The fourth-order valence-corrected chi connectivity index (χ4v) is 4.18. The van der Waals surface area contributed by atoms with Crippen LogP contribution in [0.4, 0.5) is 4.39 Å². The summed E-state index contributed by atoms with van der Waals surface area (Å²) in [6.07, 6.45) is 2.73. The Morgan fingerprint density at radius 2 is 2.00 bits per heavy atom. The quantitative estimate of drug-likeness (QED) is 0.501. The first kappa shape index (κ1) is 13.3. The van der Waals surface area contributed by atoms with Crippen molar-refractivity contribution >= 4 is 35.1 Å². The molecule has 0 nitrogen and oxygen atoms in total. The van der Waals surface area contributed by atoms with Gasteiger partial charge < -0.3 is 0 Å². The van der Waals surface area contributed by atoms with Gasteiger partial charge in [-0.2, -0.15) is 0 Å². The molecule has 0 bridgehead atoms. The smallest absolute Gasteiger partial charge is 0.123 e. The first-order valence-electron chi connectivity index (χ1n) is 5.95. The Kier molecular flexibility index (Phi) is 3.79. The highest BCUT2D eigenvalue weighted by Gasteiger charge is 2.21. The van der Waals surface area contributed by atoms with Crippen LogP contribution in [0.5, 0.6) is 0 Å². The summed E-state index contributed by atoms with van der Waals surface area (Å²) in [4.78, 5) is 3.48. The number of hydrogen-bond donors (Lipinski definition) is 0. The van der Waals surface area contributed by atoms with Crippen LogP contribution in [0.1, 0.15) is 16.5 Å². The summed E-state index contributed by atoms with van der Waals surface area (Å²) in [5.41, 5.74) is 2.14. The van der Waals surface area contributed by atoms with Crippen molar-refractivity contribution in [3.8, 4) is 0 Å². The lowest BCUT2D eigenvalue weighted by atomic mass is 10.0. The van der Waals surface area contributed by atoms with E-state index < -0.39 is 0 Å². The van der Waals surface area contributed by atoms with E-state index in [1.165, 1.54) is 15.9 Å². The molecule has 0 fully saturated rings. The molecule has 0 saturated carbocycles. The molecule has 98 valence electrons. The fraction of sp³-hybridized carbons (Fsp3) is 0.200. The third-order valence-corrected chi connectivity index (χ3v) is 5.52. The first-order valence-corrected chi connectivity index (χ1v) is 8.43. The van der Waals surface area contributed by atoms with Gasteiger partial charge in [-0.25, -0.2) is 4.39 Å². The second-order valence-corrected chi connectivity index (χ2v) is 6.92. The lowest BCUT2D eigenvalue weighted by molar-refractivity contribution is 0.623. The van der Waals surface area contributed by atoms with Gasteiger partial charge in [0.2, 0.25) is 0 Å². The molecule has 0 aliphatic carbocycles. The second-order valence-electron chi connectivity index (χ2n) is 4.43. The topological polar surface area (TPSA) is 0 Å². The van der Waals surface area contributed by atoms with Gasteiger partial charge in [-0.15, -0.1) is 23.4 Å². The summed E-state index contributed by atoms with van der Waals surface area (Å²) in [5.74, 6) is -0.195. The third-order valence-electron chi connectivity index (χ3n) is 3.20.